The SMILES string of the molecule is CN=C(NCc1ccc(C)s1)NCC(O)c1ccc(C)o1. The van der Waals surface area contributed by atoms with E-state index in [2.05, 4.69) is 34.7 Å². The fourth-order valence-corrected chi connectivity index (χ4v) is 2.73. The average molecular weight is 307 g/mol. The van der Waals surface area contributed by atoms with Crippen molar-refractivity contribution in [2.24, 2.45) is 4.99 Å². The minimum absolute atomic E-state index is 0.343. The van der Waals surface area contributed by atoms with Gasteiger partial charge in [-0.3, -0.25) is 4.99 Å². The summed E-state index contributed by atoms with van der Waals surface area (Å²) in [5, 5.41) is 16.3. The quantitative estimate of drug-likeness (QED) is 0.586. The van der Waals surface area contributed by atoms with Crippen LogP contribution in [0.15, 0.2) is 33.7 Å². The van der Waals surface area contributed by atoms with Crippen molar-refractivity contribution in [3.05, 3.63) is 45.5 Å². The van der Waals surface area contributed by atoms with Crippen molar-refractivity contribution in [1.29, 1.82) is 0 Å². The number of nitrogens with one attached hydrogen (secondary N) is 2. The summed E-state index contributed by atoms with van der Waals surface area (Å²) in [5.74, 6) is 2.01. The van der Waals surface area contributed by atoms with Gasteiger partial charge in [0, 0.05) is 16.8 Å². The van der Waals surface area contributed by atoms with Gasteiger partial charge in [0.1, 0.15) is 17.6 Å². The van der Waals surface area contributed by atoms with Crippen LogP contribution in [0.25, 0.3) is 0 Å². The van der Waals surface area contributed by atoms with Gasteiger partial charge in [-0.05, 0) is 38.1 Å². The van der Waals surface area contributed by atoms with E-state index in [1.54, 1.807) is 24.5 Å². The summed E-state index contributed by atoms with van der Waals surface area (Å²) in [5.41, 5.74) is 0. The number of furan rings is 1. The molecule has 0 bridgehead atoms. The molecule has 6 heteroatoms. The van der Waals surface area contributed by atoms with E-state index in [4.69, 9.17) is 4.42 Å². The first kappa shape index (κ1) is 15.6. The van der Waals surface area contributed by atoms with Crippen LogP contribution >= 0.6 is 11.3 Å². The number of rotatable bonds is 5. The lowest BCUT2D eigenvalue weighted by molar-refractivity contribution is 0.151. The van der Waals surface area contributed by atoms with Crippen LogP contribution in [0.1, 0.15) is 27.4 Å². The lowest BCUT2D eigenvalue weighted by Gasteiger charge is -2.13. The summed E-state index contributed by atoms with van der Waals surface area (Å²) in [6.07, 6.45) is -0.693. The van der Waals surface area contributed by atoms with Crippen molar-refractivity contribution in [2.75, 3.05) is 13.6 Å². The van der Waals surface area contributed by atoms with Gasteiger partial charge in [-0.15, -0.1) is 11.3 Å². The second-order valence-corrected chi connectivity index (χ2v) is 6.16. The zero-order valence-corrected chi connectivity index (χ0v) is 13.3. The molecule has 0 fully saturated rings. The minimum Gasteiger partial charge on any atom is -0.464 e. The number of aryl methyl sites for hydroxylation is 2. The Kier molecular flexibility index (Phi) is 5.41. The van der Waals surface area contributed by atoms with Crippen molar-refractivity contribution in [3.8, 4) is 0 Å². The van der Waals surface area contributed by atoms with Gasteiger partial charge in [-0.2, -0.15) is 0 Å². The lowest BCUT2D eigenvalue weighted by Crippen LogP contribution is -2.38. The average Bonchev–Trinajstić information content (AvgIpc) is 3.07. The number of guanidine groups is 1. The molecule has 0 aliphatic carbocycles. The molecular formula is C15H21N3O2S. The molecule has 0 aliphatic heterocycles. The number of aliphatic imine (C=N–C) groups is 1. The number of thiophene rings is 1. The largest absolute Gasteiger partial charge is 0.464 e. The zero-order valence-electron chi connectivity index (χ0n) is 12.5. The molecule has 1 unspecified atom stereocenters. The van der Waals surface area contributed by atoms with E-state index in [1.165, 1.54) is 9.75 Å². The molecule has 0 saturated carbocycles. The van der Waals surface area contributed by atoms with Crippen LogP contribution in [0.3, 0.4) is 0 Å². The van der Waals surface area contributed by atoms with Crippen LogP contribution < -0.4 is 10.6 Å². The summed E-state index contributed by atoms with van der Waals surface area (Å²) in [7, 11) is 1.71. The molecule has 2 aromatic heterocycles. The molecule has 0 spiro atoms. The Bertz CT molecular complexity index is 604. The number of aliphatic hydroxyl groups is 1. The highest BCUT2D eigenvalue weighted by atomic mass is 32.1. The van der Waals surface area contributed by atoms with E-state index >= 15 is 0 Å². The first-order valence-corrected chi connectivity index (χ1v) is 7.64. The Labute approximate surface area is 128 Å². The van der Waals surface area contributed by atoms with Crippen LogP contribution in [-0.2, 0) is 6.54 Å². The van der Waals surface area contributed by atoms with E-state index < -0.39 is 6.10 Å². The fourth-order valence-electron chi connectivity index (χ4n) is 1.90. The second-order valence-electron chi connectivity index (χ2n) is 4.78. The Morgan fingerprint density at radius 2 is 2.10 bits per heavy atom. The lowest BCUT2D eigenvalue weighted by atomic mass is 10.3. The molecule has 3 N–H and O–H groups in total. The molecular weight excluding hydrogens is 286 g/mol. The molecule has 114 valence electrons. The summed E-state index contributed by atoms with van der Waals surface area (Å²) in [6.45, 7) is 5.00. The molecule has 2 aromatic rings. The third-order valence-corrected chi connectivity index (χ3v) is 4.00. The fraction of sp³-hybridized carbons (Fsp3) is 0.400. The first-order chi connectivity index (χ1) is 10.1. The number of nitrogens with zero attached hydrogens (tertiary/aromatic N) is 1. The van der Waals surface area contributed by atoms with Gasteiger partial charge >= 0.3 is 0 Å². The predicted octanol–water partition coefficient (Wildman–Crippen LogP) is 2.36. The van der Waals surface area contributed by atoms with Gasteiger partial charge in [-0.25, -0.2) is 0 Å². The minimum atomic E-state index is -0.693. The molecule has 0 radical (unpaired) electrons. The van der Waals surface area contributed by atoms with E-state index in [-0.39, 0.29) is 0 Å². The topological polar surface area (TPSA) is 69.8 Å². The van der Waals surface area contributed by atoms with Gasteiger partial charge in [0.25, 0.3) is 0 Å². The number of hydrogen-bond donors (Lipinski definition) is 3. The monoisotopic (exact) mass is 307 g/mol. The second kappa shape index (κ2) is 7.28. The van der Waals surface area contributed by atoms with Crippen molar-refractivity contribution in [3.63, 3.8) is 0 Å². The first-order valence-electron chi connectivity index (χ1n) is 6.82. The molecule has 0 amide bonds. The van der Waals surface area contributed by atoms with Crippen LogP contribution in [-0.4, -0.2) is 24.7 Å². The molecule has 2 rings (SSSR count). The van der Waals surface area contributed by atoms with Gasteiger partial charge in [0.05, 0.1) is 13.1 Å². The third kappa shape index (κ3) is 4.61. The number of hydrogen-bond acceptors (Lipinski definition) is 4. The van der Waals surface area contributed by atoms with Gasteiger partial charge < -0.3 is 20.2 Å². The molecule has 0 aromatic carbocycles. The molecule has 0 aliphatic rings. The summed E-state index contributed by atoms with van der Waals surface area (Å²) >= 11 is 1.75. The Balaban J connectivity index is 1.80. The van der Waals surface area contributed by atoms with Crippen LogP contribution in [0.5, 0.6) is 0 Å². The van der Waals surface area contributed by atoms with Crippen LogP contribution in [0.2, 0.25) is 0 Å². The standard InChI is InChI=1S/C15H21N3O2S/c1-10-4-7-14(20-10)13(19)9-18-15(16-3)17-8-12-6-5-11(2)21-12/h4-7,13,19H,8-9H2,1-3H3,(H2,16,17,18). The normalized spacial score (nSPS) is 13.2. The maximum atomic E-state index is 10.0. The van der Waals surface area contributed by atoms with E-state index in [1.807, 2.05) is 13.0 Å². The molecule has 5 nitrogen and oxygen atoms in total. The van der Waals surface area contributed by atoms with Gasteiger partial charge in [0.2, 0.25) is 0 Å². The summed E-state index contributed by atoms with van der Waals surface area (Å²) in [4.78, 5) is 6.68. The maximum Gasteiger partial charge on any atom is 0.191 e. The Hall–Kier alpha value is -1.79. The Morgan fingerprint density at radius 3 is 2.67 bits per heavy atom. The van der Waals surface area contributed by atoms with Gasteiger partial charge in [0.15, 0.2) is 5.96 Å². The maximum absolute atomic E-state index is 10.0. The summed E-state index contributed by atoms with van der Waals surface area (Å²) in [6, 6.07) is 7.82. The Morgan fingerprint density at radius 1 is 1.29 bits per heavy atom. The van der Waals surface area contributed by atoms with Crippen molar-refractivity contribution in [1.82, 2.24) is 10.6 Å². The highest BCUT2D eigenvalue weighted by Crippen LogP contribution is 2.15. The van der Waals surface area contributed by atoms with Crippen LogP contribution in [0, 0.1) is 13.8 Å². The van der Waals surface area contributed by atoms with E-state index in [0.717, 1.165) is 5.76 Å². The molecule has 0 saturated heterocycles. The smallest absolute Gasteiger partial charge is 0.191 e. The van der Waals surface area contributed by atoms with Crippen molar-refractivity contribution < 1.29 is 9.52 Å². The third-order valence-electron chi connectivity index (χ3n) is 3.00. The van der Waals surface area contributed by atoms with Crippen LogP contribution in [0.4, 0.5) is 0 Å². The molecule has 21 heavy (non-hydrogen) atoms. The van der Waals surface area contributed by atoms with E-state index in [0.29, 0.717) is 24.8 Å². The van der Waals surface area contributed by atoms with Crippen molar-refractivity contribution in [2.45, 2.75) is 26.5 Å². The highest BCUT2D eigenvalue weighted by molar-refractivity contribution is 7.11. The zero-order chi connectivity index (χ0) is 15.2. The van der Waals surface area contributed by atoms with Gasteiger partial charge in [-0.1, -0.05) is 0 Å². The number of aliphatic hydroxyl groups excluding tert-OH is 1. The molecule has 2 heterocycles. The van der Waals surface area contributed by atoms with E-state index in [9.17, 15) is 5.11 Å². The predicted molar refractivity (Wildman–Crippen MR) is 85.7 cm³/mol. The summed E-state index contributed by atoms with van der Waals surface area (Å²) < 4.78 is 5.39. The highest BCUT2D eigenvalue weighted by Gasteiger charge is 2.12. The molecule has 1 atom stereocenters. The van der Waals surface area contributed by atoms with Crippen molar-refractivity contribution >= 4 is 17.3 Å².